The molecule has 82 valence electrons. The molecule has 0 atom stereocenters. The molecule has 0 saturated heterocycles. The quantitative estimate of drug-likeness (QED) is 0.763. The molecule has 1 aromatic heterocycles. The summed E-state index contributed by atoms with van der Waals surface area (Å²) in [6, 6.07) is 6.53. The van der Waals surface area contributed by atoms with Crippen molar-refractivity contribution in [2.75, 3.05) is 0 Å². The smallest absolute Gasteiger partial charge is 0.169 e. The van der Waals surface area contributed by atoms with Crippen molar-refractivity contribution in [1.82, 2.24) is 4.98 Å². The lowest BCUT2D eigenvalue weighted by atomic mass is 10.1. The van der Waals surface area contributed by atoms with Crippen molar-refractivity contribution >= 4 is 17.6 Å². The first-order chi connectivity index (χ1) is 7.78. The summed E-state index contributed by atoms with van der Waals surface area (Å²) in [5, 5.41) is 2.64. The van der Waals surface area contributed by atoms with Gasteiger partial charge in [-0.3, -0.25) is 4.79 Å². The summed E-state index contributed by atoms with van der Waals surface area (Å²) in [7, 11) is 0. The van der Waals surface area contributed by atoms with Gasteiger partial charge in [-0.25, -0.2) is 9.37 Å². The third kappa shape index (κ3) is 2.73. The van der Waals surface area contributed by atoms with Crippen molar-refractivity contribution in [2.24, 2.45) is 0 Å². The third-order valence-electron chi connectivity index (χ3n) is 2.21. The number of thiazole rings is 1. The molecule has 0 saturated carbocycles. The number of hydrogen-bond acceptors (Lipinski definition) is 3. The minimum absolute atomic E-state index is 0.217. The van der Waals surface area contributed by atoms with Crippen LogP contribution >= 0.6 is 11.3 Å². The Morgan fingerprint density at radius 1 is 1.38 bits per heavy atom. The van der Waals surface area contributed by atoms with E-state index in [1.807, 2.05) is 6.07 Å². The summed E-state index contributed by atoms with van der Waals surface area (Å²) in [6.45, 7) is 0. The Kier molecular flexibility index (Phi) is 3.41. The molecule has 2 rings (SSSR count). The molecule has 2 aromatic rings. The molecule has 0 aliphatic rings. The molecular weight excluding hydrogens is 225 g/mol. The van der Waals surface area contributed by atoms with Gasteiger partial charge in [0, 0.05) is 11.8 Å². The molecule has 0 fully saturated rings. The Labute approximate surface area is 96.8 Å². The largest absolute Gasteiger partial charge is 0.296 e. The maximum atomic E-state index is 12.9. The zero-order valence-electron chi connectivity index (χ0n) is 8.52. The van der Waals surface area contributed by atoms with Crippen molar-refractivity contribution in [1.29, 1.82) is 0 Å². The van der Waals surface area contributed by atoms with E-state index in [1.54, 1.807) is 11.4 Å². The number of aldehydes is 1. The van der Waals surface area contributed by atoms with Crippen molar-refractivity contribution in [3.8, 4) is 0 Å². The van der Waals surface area contributed by atoms with Crippen LogP contribution in [-0.2, 0) is 12.8 Å². The lowest BCUT2D eigenvalue weighted by Gasteiger charge is -1.98. The average Bonchev–Trinajstić information content (AvgIpc) is 2.74. The predicted octanol–water partition coefficient (Wildman–Crippen LogP) is 2.88. The van der Waals surface area contributed by atoms with Gasteiger partial charge in [-0.15, -0.1) is 11.3 Å². The lowest BCUT2D eigenvalue weighted by molar-refractivity contribution is 0.111. The Balaban J connectivity index is 1.99. The Hall–Kier alpha value is -1.55. The number of carbonyl (C=O) groups excluding carboxylic acids is 1. The normalized spacial score (nSPS) is 10.3. The van der Waals surface area contributed by atoms with E-state index in [-0.39, 0.29) is 5.82 Å². The van der Waals surface area contributed by atoms with E-state index in [0.717, 1.165) is 29.7 Å². The predicted molar refractivity (Wildman–Crippen MR) is 61.3 cm³/mol. The molecule has 1 aromatic carbocycles. The van der Waals surface area contributed by atoms with E-state index >= 15 is 0 Å². The molecule has 0 bridgehead atoms. The fraction of sp³-hybridized carbons (Fsp3) is 0.167. The van der Waals surface area contributed by atoms with E-state index < -0.39 is 0 Å². The molecule has 4 heteroatoms. The van der Waals surface area contributed by atoms with Crippen LogP contribution in [0.25, 0.3) is 0 Å². The van der Waals surface area contributed by atoms with Gasteiger partial charge in [0.1, 0.15) is 11.5 Å². The van der Waals surface area contributed by atoms with Gasteiger partial charge in [0.2, 0.25) is 0 Å². The Morgan fingerprint density at radius 2 is 2.25 bits per heavy atom. The molecule has 0 aliphatic carbocycles. The van der Waals surface area contributed by atoms with E-state index in [1.165, 1.54) is 23.5 Å². The Morgan fingerprint density at radius 3 is 2.94 bits per heavy atom. The number of aryl methyl sites for hydroxylation is 2. The molecule has 2 nitrogen and oxygen atoms in total. The molecule has 0 aliphatic heterocycles. The first-order valence-corrected chi connectivity index (χ1v) is 5.80. The van der Waals surface area contributed by atoms with Crippen LogP contribution in [0.2, 0.25) is 0 Å². The van der Waals surface area contributed by atoms with Gasteiger partial charge in [-0.05, 0) is 24.1 Å². The average molecular weight is 235 g/mol. The summed E-state index contributed by atoms with van der Waals surface area (Å²) >= 11 is 1.46. The number of carbonyl (C=O) groups is 1. The van der Waals surface area contributed by atoms with Gasteiger partial charge < -0.3 is 0 Å². The highest BCUT2D eigenvalue weighted by molar-refractivity contribution is 7.09. The maximum absolute atomic E-state index is 12.9. The summed E-state index contributed by atoms with van der Waals surface area (Å²) in [4.78, 5) is 14.6. The van der Waals surface area contributed by atoms with E-state index in [9.17, 15) is 9.18 Å². The second-order valence-corrected chi connectivity index (χ2v) is 4.36. The van der Waals surface area contributed by atoms with Crippen LogP contribution in [0.5, 0.6) is 0 Å². The minimum atomic E-state index is -0.217. The van der Waals surface area contributed by atoms with Crippen LogP contribution in [0.15, 0.2) is 29.6 Å². The van der Waals surface area contributed by atoms with Crippen LogP contribution < -0.4 is 0 Å². The van der Waals surface area contributed by atoms with Crippen molar-refractivity contribution in [3.63, 3.8) is 0 Å². The van der Waals surface area contributed by atoms with E-state index in [0.29, 0.717) is 5.69 Å². The second-order valence-electron chi connectivity index (χ2n) is 3.41. The summed E-state index contributed by atoms with van der Waals surface area (Å²) in [5.74, 6) is -0.217. The number of aromatic nitrogens is 1. The van der Waals surface area contributed by atoms with Gasteiger partial charge >= 0.3 is 0 Å². The van der Waals surface area contributed by atoms with E-state index in [2.05, 4.69) is 4.98 Å². The zero-order valence-corrected chi connectivity index (χ0v) is 9.34. The summed E-state index contributed by atoms with van der Waals surface area (Å²) in [5.41, 5.74) is 1.42. The van der Waals surface area contributed by atoms with Gasteiger partial charge in [0.15, 0.2) is 6.29 Å². The molecule has 0 N–H and O–H groups in total. The molecular formula is C12H10FNOS. The van der Waals surface area contributed by atoms with Gasteiger partial charge in [0.25, 0.3) is 0 Å². The third-order valence-corrected chi connectivity index (χ3v) is 3.13. The van der Waals surface area contributed by atoms with Gasteiger partial charge in [0.05, 0.1) is 5.01 Å². The zero-order chi connectivity index (χ0) is 11.4. The number of rotatable bonds is 4. The SMILES string of the molecule is O=Cc1csc(CCc2cccc(F)c2)n1. The van der Waals surface area contributed by atoms with Crippen molar-refractivity contribution in [2.45, 2.75) is 12.8 Å². The number of halogens is 1. The maximum Gasteiger partial charge on any atom is 0.169 e. The minimum Gasteiger partial charge on any atom is -0.296 e. The fourth-order valence-electron chi connectivity index (χ4n) is 1.44. The number of benzene rings is 1. The standard InChI is InChI=1S/C12H10FNOS/c13-10-3-1-2-9(6-10)4-5-12-14-11(7-15)8-16-12/h1-3,6-8H,4-5H2. The highest BCUT2D eigenvalue weighted by atomic mass is 32.1. The number of nitrogens with zero attached hydrogens (tertiary/aromatic N) is 1. The monoisotopic (exact) mass is 235 g/mol. The van der Waals surface area contributed by atoms with Crippen LogP contribution in [0.3, 0.4) is 0 Å². The summed E-state index contributed by atoms with van der Waals surface area (Å²) < 4.78 is 12.9. The van der Waals surface area contributed by atoms with Gasteiger partial charge in [-0.1, -0.05) is 12.1 Å². The molecule has 0 spiro atoms. The van der Waals surface area contributed by atoms with Crippen LogP contribution in [0, 0.1) is 5.82 Å². The molecule has 16 heavy (non-hydrogen) atoms. The topological polar surface area (TPSA) is 30.0 Å². The lowest BCUT2D eigenvalue weighted by Crippen LogP contribution is -1.92. The fourth-order valence-corrected chi connectivity index (χ4v) is 2.18. The molecule has 0 unspecified atom stereocenters. The Bertz CT molecular complexity index is 495. The number of hydrogen-bond donors (Lipinski definition) is 0. The molecule has 0 amide bonds. The van der Waals surface area contributed by atoms with Gasteiger partial charge in [-0.2, -0.15) is 0 Å². The van der Waals surface area contributed by atoms with Crippen molar-refractivity contribution in [3.05, 3.63) is 51.7 Å². The first kappa shape index (κ1) is 11.0. The molecule has 1 heterocycles. The van der Waals surface area contributed by atoms with E-state index in [4.69, 9.17) is 0 Å². The van der Waals surface area contributed by atoms with Crippen molar-refractivity contribution < 1.29 is 9.18 Å². The highest BCUT2D eigenvalue weighted by Crippen LogP contribution is 2.12. The van der Waals surface area contributed by atoms with Crippen LogP contribution in [-0.4, -0.2) is 11.3 Å². The van der Waals surface area contributed by atoms with Crippen LogP contribution in [0.4, 0.5) is 4.39 Å². The second kappa shape index (κ2) is 4.99. The summed E-state index contributed by atoms with van der Waals surface area (Å²) in [6.07, 6.45) is 2.22. The molecule has 0 radical (unpaired) electrons. The first-order valence-electron chi connectivity index (χ1n) is 4.92. The highest BCUT2D eigenvalue weighted by Gasteiger charge is 2.02. The van der Waals surface area contributed by atoms with Crippen LogP contribution in [0.1, 0.15) is 21.1 Å².